The van der Waals surface area contributed by atoms with Gasteiger partial charge >= 0.3 is 0 Å². The minimum absolute atomic E-state index is 1.07. The van der Waals surface area contributed by atoms with Crippen LogP contribution in [-0.2, 0) is 6.42 Å². The zero-order valence-corrected chi connectivity index (χ0v) is 10.3. The number of fused-ring (bicyclic) bond motifs is 1. The van der Waals surface area contributed by atoms with E-state index in [1.807, 2.05) is 6.08 Å². The average Bonchev–Trinajstić information content (AvgIpc) is 2.33. The van der Waals surface area contributed by atoms with E-state index in [-0.39, 0.29) is 0 Å². The molecule has 0 aliphatic rings. The third kappa shape index (κ3) is 1.46. The van der Waals surface area contributed by atoms with Gasteiger partial charge in [0.2, 0.25) is 0 Å². The standard InChI is InChI=1S/C16H18/c1-5-13-11(3)15-9-7-8-10-16(15)12(4)14(13)6-2/h5,7-10H,1,6H2,2-4H3. The van der Waals surface area contributed by atoms with E-state index in [0.717, 1.165) is 6.42 Å². The van der Waals surface area contributed by atoms with Crippen LogP contribution in [-0.4, -0.2) is 0 Å². The van der Waals surface area contributed by atoms with Crippen molar-refractivity contribution in [2.45, 2.75) is 27.2 Å². The van der Waals surface area contributed by atoms with Crippen molar-refractivity contribution in [3.8, 4) is 0 Å². The fourth-order valence-electron chi connectivity index (χ4n) is 2.61. The summed E-state index contributed by atoms with van der Waals surface area (Å²) >= 11 is 0. The van der Waals surface area contributed by atoms with Crippen LogP contribution in [0.25, 0.3) is 16.8 Å². The summed E-state index contributed by atoms with van der Waals surface area (Å²) in [6, 6.07) is 8.63. The molecule has 0 N–H and O–H groups in total. The molecule has 2 aromatic carbocycles. The summed E-state index contributed by atoms with van der Waals surface area (Å²) in [6.07, 6.45) is 3.06. The Morgan fingerprint density at radius 2 is 1.62 bits per heavy atom. The Morgan fingerprint density at radius 1 is 1.06 bits per heavy atom. The Labute approximate surface area is 97.6 Å². The quantitative estimate of drug-likeness (QED) is 0.676. The highest BCUT2D eigenvalue weighted by atomic mass is 14.1. The molecule has 82 valence electrons. The zero-order valence-electron chi connectivity index (χ0n) is 10.3. The Balaban J connectivity index is 2.98. The minimum atomic E-state index is 1.07. The van der Waals surface area contributed by atoms with Crippen molar-refractivity contribution in [3.63, 3.8) is 0 Å². The molecular weight excluding hydrogens is 192 g/mol. The topological polar surface area (TPSA) is 0 Å². The number of aryl methyl sites for hydroxylation is 2. The molecular formula is C16H18. The van der Waals surface area contributed by atoms with Gasteiger partial charge in [-0.3, -0.25) is 0 Å². The smallest absolute Gasteiger partial charge is 0.0146 e. The normalized spacial score (nSPS) is 10.7. The summed E-state index contributed by atoms with van der Waals surface area (Å²) in [5.41, 5.74) is 5.51. The first-order chi connectivity index (χ1) is 7.70. The second-order valence-corrected chi connectivity index (χ2v) is 4.25. The SMILES string of the molecule is C=Cc1c(CC)c(C)c2ccccc2c1C. The van der Waals surface area contributed by atoms with Crippen LogP contribution in [0.15, 0.2) is 30.8 Å². The molecule has 0 bridgehead atoms. The fourth-order valence-corrected chi connectivity index (χ4v) is 2.61. The van der Waals surface area contributed by atoms with Gasteiger partial charge in [0.1, 0.15) is 0 Å². The van der Waals surface area contributed by atoms with Gasteiger partial charge in [0.25, 0.3) is 0 Å². The van der Waals surface area contributed by atoms with Gasteiger partial charge in [0, 0.05) is 0 Å². The lowest BCUT2D eigenvalue weighted by Crippen LogP contribution is -1.97. The van der Waals surface area contributed by atoms with Gasteiger partial charge in [-0.2, -0.15) is 0 Å². The van der Waals surface area contributed by atoms with Crippen LogP contribution in [0.1, 0.15) is 29.2 Å². The molecule has 0 fully saturated rings. The third-order valence-electron chi connectivity index (χ3n) is 3.47. The molecule has 0 amide bonds. The Bertz CT molecular complexity index is 547. The van der Waals surface area contributed by atoms with Crippen molar-refractivity contribution < 1.29 is 0 Å². The summed E-state index contributed by atoms with van der Waals surface area (Å²) in [4.78, 5) is 0. The molecule has 0 saturated heterocycles. The van der Waals surface area contributed by atoms with E-state index in [2.05, 4.69) is 51.6 Å². The van der Waals surface area contributed by atoms with E-state index in [1.165, 1.54) is 33.0 Å². The van der Waals surface area contributed by atoms with E-state index in [9.17, 15) is 0 Å². The number of benzene rings is 2. The van der Waals surface area contributed by atoms with Crippen LogP contribution in [0.2, 0.25) is 0 Å². The highest BCUT2D eigenvalue weighted by Crippen LogP contribution is 2.30. The van der Waals surface area contributed by atoms with Gasteiger partial charge in [0.05, 0.1) is 0 Å². The van der Waals surface area contributed by atoms with Gasteiger partial charge in [-0.15, -0.1) is 0 Å². The predicted octanol–water partition coefficient (Wildman–Crippen LogP) is 4.66. The van der Waals surface area contributed by atoms with E-state index in [1.54, 1.807) is 0 Å². The summed E-state index contributed by atoms with van der Waals surface area (Å²) in [7, 11) is 0. The number of hydrogen-bond acceptors (Lipinski definition) is 0. The molecule has 0 atom stereocenters. The minimum Gasteiger partial charge on any atom is -0.0984 e. The largest absolute Gasteiger partial charge is 0.0984 e. The van der Waals surface area contributed by atoms with Crippen molar-refractivity contribution in [1.29, 1.82) is 0 Å². The molecule has 2 aromatic rings. The molecule has 0 unspecified atom stereocenters. The molecule has 16 heavy (non-hydrogen) atoms. The van der Waals surface area contributed by atoms with Crippen LogP contribution >= 0.6 is 0 Å². The molecule has 0 aliphatic heterocycles. The molecule has 0 aromatic heterocycles. The van der Waals surface area contributed by atoms with Crippen molar-refractivity contribution in [1.82, 2.24) is 0 Å². The van der Waals surface area contributed by atoms with Crippen molar-refractivity contribution in [2.24, 2.45) is 0 Å². The Kier molecular flexibility index (Phi) is 2.82. The number of rotatable bonds is 2. The summed E-state index contributed by atoms with van der Waals surface area (Å²) in [6.45, 7) is 10.6. The maximum absolute atomic E-state index is 3.95. The molecule has 0 spiro atoms. The first-order valence-electron chi connectivity index (χ1n) is 5.83. The lowest BCUT2D eigenvalue weighted by atomic mass is 9.89. The first kappa shape index (κ1) is 10.9. The van der Waals surface area contributed by atoms with Gasteiger partial charge in [0.15, 0.2) is 0 Å². The Morgan fingerprint density at radius 3 is 2.12 bits per heavy atom. The average molecular weight is 210 g/mol. The molecule has 0 nitrogen and oxygen atoms in total. The molecule has 0 heterocycles. The molecule has 0 heteroatoms. The predicted molar refractivity (Wildman–Crippen MR) is 72.9 cm³/mol. The van der Waals surface area contributed by atoms with Crippen LogP contribution in [0.4, 0.5) is 0 Å². The van der Waals surface area contributed by atoms with Gasteiger partial charge in [-0.1, -0.05) is 43.8 Å². The summed E-state index contributed by atoms with van der Waals surface area (Å²) in [5.74, 6) is 0. The monoisotopic (exact) mass is 210 g/mol. The first-order valence-corrected chi connectivity index (χ1v) is 5.83. The van der Waals surface area contributed by atoms with Crippen molar-refractivity contribution in [3.05, 3.63) is 53.1 Å². The fraction of sp³-hybridized carbons (Fsp3) is 0.250. The second-order valence-electron chi connectivity index (χ2n) is 4.25. The van der Waals surface area contributed by atoms with E-state index in [4.69, 9.17) is 0 Å². The summed E-state index contributed by atoms with van der Waals surface area (Å²) in [5, 5.41) is 2.73. The molecule has 0 saturated carbocycles. The highest BCUT2D eigenvalue weighted by Gasteiger charge is 2.10. The lowest BCUT2D eigenvalue weighted by Gasteiger charge is -2.15. The maximum atomic E-state index is 3.95. The summed E-state index contributed by atoms with van der Waals surface area (Å²) < 4.78 is 0. The molecule has 0 aliphatic carbocycles. The highest BCUT2D eigenvalue weighted by molar-refractivity contribution is 5.92. The molecule has 2 rings (SSSR count). The maximum Gasteiger partial charge on any atom is -0.0146 e. The zero-order chi connectivity index (χ0) is 11.7. The van der Waals surface area contributed by atoms with Gasteiger partial charge < -0.3 is 0 Å². The van der Waals surface area contributed by atoms with Crippen molar-refractivity contribution in [2.75, 3.05) is 0 Å². The second kappa shape index (κ2) is 4.13. The number of hydrogen-bond donors (Lipinski definition) is 0. The van der Waals surface area contributed by atoms with Gasteiger partial charge in [-0.05, 0) is 53.3 Å². The Hall–Kier alpha value is -1.56. The van der Waals surface area contributed by atoms with E-state index >= 15 is 0 Å². The lowest BCUT2D eigenvalue weighted by molar-refractivity contribution is 1.10. The third-order valence-corrected chi connectivity index (χ3v) is 3.47. The van der Waals surface area contributed by atoms with Crippen LogP contribution in [0.3, 0.4) is 0 Å². The van der Waals surface area contributed by atoms with E-state index < -0.39 is 0 Å². The van der Waals surface area contributed by atoms with Crippen LogP contribution in [0, 0.1) is 13.8 Å². The van der Waals surface area contributed by atoms with Crippen LogP contribution < -0.4 is 0 Å². The molecule has 0 radical (unpaired) electrons. The van der Waals surface area contributed by atoms with Crippen LogP contribution in [0.5, 0.6) is 0 Å². The van der Waals surface area contributed by atoms with Crippen molar-refractivity contribution >= 4 is 16.8 Å². The van der Waals surface area contributed by atoms with Gasteiger partial charge in [-0.25, -0.2) is 0 Å². The van der Waals surface area contributed by atoms with E-state index in [0.29, 0.717) is 0 Å².